The van der Waals surface area contributed by atoms with Crippen molar-refractivity contribution in [3.63, 3.8) is 0 Å². The van der Waals surface area contributed by atoms with Crippen LogP contribution in [0.1, 0.15) is 44.1 Å². The van der Waals surface area contributed by atoms with Crippen molar-refractivity contribution < 1.29 is 9.59 Å². The number of nitrogens with zero attached hydrogens (tertiary/aromatic N) is 2. The first-order valence-corrected chi connectivity index (χ1v) is 10.1. The van der Waals surface area contributed by atoms with Crippen molar-refractivity contribution in [3.8, 4) is 0 Å². The van der Waals surface area contributed by atoms with E-state index in [2.05, 4.69) is 34.5 Å². The molecule has 1 saturated carbocycles. The van der Waals surface area contributed by atoms with Crippen molar-refractivity contribution in [3.05, 3.63) is 29.8 Å². The molecule has 2 heterocycles. The molecule has 2 amide bonds. The third-order valence-electron chi connectivity index (χ3n) is 6.19. The summed E-state index contributed by atoms with van der Waals surface area (Å²) in [4.78, 5) is 29.2. The maximum Gasteiger partial charge on any atom is 0.225 e. The van der Waals surface area contributed by atoms with Crippen LogP contribution in [0.2, 0.25) is 0 Å². The molecule has 4 rings (SSSR count). The lowest BCUT2D eigenvalue weighted by atomic mass is 10.1. The fourth-order valence-electron chi connectivity index (χ4n) is 4.62. The molecule has 26 heavy (non-hydrogen) atoms. The number of hydrogen-bond acceptors (Lipinski definition) is 3. The summed E-state index contributed by atoms with van der Waals surface area (Å²) >= 11 is 0. The maximum atomic E-state index is 12.6. The van der Waals surface area contributed by atoms with Crippen LogP contribution in [-0.2, 0) is 16.0 Å². The highest BCUT2D eigenvalue weighted by atomic mass is 16.2. The number of carbonyl (C=O) groups excluding carboxylic acids is 2. The van der Waals surface area contributed by atoms with Crippen molar-refractivity contribution in [1.82, 2.24) is 10.2 Å². The highest BCUT2D eigenvalue weighted by Gasteiger charge is 2.32. The Morgan fingerprint density at radius 3 is 2.73 bits per heavy atom. The first-order chi connectivity index (χ1) is 12.7. The largest absolute Gasteiger partial charge is 0.370 e. The first-order valence-electron chi connectivity index (χ1n) is 10.1. The van der Waals surface area contributed by atoms with Gasteiger partial charge in [-0.05, 0) is 37.3 Å². The Morgan fingerprint density at radius 1 is 1.08 bits per heavy atom. The van der Waals surface area contributed by atoms with E-state index in [4.69, 9.17) is 0 Å². The zero-order valence-corrected chi connectivity index (χ0v) is 15.5. The summed E-state index contributed by atoms with van der Waals surface area (Å²) in [6.07, 6.45) is 7.07. The number of amides is 2. The predicted octanol–water partition coefficient (Wildman–Crippen LogP) is 2.35. The molecule has 0 bridgehead atoms. The highest BCUT2D eigenvalue weighted by Crippen LogP contribution is 2.27. The van der Waals surface area contributed by atoms with Gasteiger partial charge in [0, 0.05) is 44.3 Å². The summed E-state index contributed by atoms with van der Waals surface area (Å²) < 4.78 is 0. The second kappa shape index (κ2) is 7.68. The number of nitrogens with one attached hydrogen (secondary N) is 1. The molecule has 0 radical (unpaired) electrons. The highest BCUT2D eigenvalue weighted by molar-refractivity contribution is 5.82. The van der Waals surface area contributed by atoms with Gasteiger partial charge in [0.05, 0.1) is 5.92 Å². The molecule has 0 aromatic heterocycles. The summed E-state index contributed by atoms with van der Waals surface area (Å²) in [7, 11) is 0. The lowest BCUT2D eigenvalue weighted by Crippen LogP contribution is -2.39. The van der Waals surface area contributed by atoms with E-state index < -0.39 is 0 Å². The van der Waals surface area contributed by atoms with Crippen LogP contribution in [0.25, 0.3) is 0 Å². The molecule has 1 N–H and O–H groups in total. The average Bonchev–Trinajstić information content (AvgIpc) is 3.40. The number of likely N-dealkylation sites (tertiary alicyclic amines) is 1. The Hall–Kier alpha value is -2.04. The van der Waals surface area contributed by atoms with E-state index in [9.17, 15) is 9.59 Å². The van der Waals surface area contributed by atoms with Crippen LogP contribution in [-0.4, -0.2) is 48.9 Å². The van der Waals surface area contributed by atoms with Crippen molar-refractivity contribution in [2.45, 2.75) is 51.0 Å². The Balaban J connectivity index is 1.24. The van der Waals surface area contributed by atoms with Crippen LogP contribution in [0.4, 0.5) is 5.69 Å². The fourth-order valence-corrected chi connectivity index (χ4v) is 4.62. The van der Waals surface area contributed by atoms with Crippen LogP contribution in [0.3, 0.4) is 0 Å². The molecule has 0 spiro atoms. The predicted molar refractivity (Wildman–Crippen MR) is 102 cm³/mol. The molecular formula is C21H29N3O2. The van der Waals surface area contributed by atoms with Gasteiger partial charge in [0.2, 0.25) is 11.8 Å². The summed E-state index contributed by atoms with van der Waals surface area (Å²) in [6.45, 7) is 3.08. The van der Waals surface area contributed by atoms with E-state index in [-0.39, 0.29) is 17.7 Å². The Kier molecular flexibility index (Phi) is 5.14. The molecule has 1 aromatic carbocycles. The molecule has 2 fully saturated rings. The van der Waals surface area contributed by atoms with E-state index in [0.29, 0.717) is 19.0 Å². The van der Waals surface area contributed by atoms with Gasteiger partial charge in [0.15, 0.2) is 0 Å². The molecule has 1 atom stereocenters. The Bertz CT molecular complexity index is 669. The number of rotatable bonds is 5. The third kappa shape index (κ3) is 3.71. The summed E-state index contributed by atoms with van der Waals surface area (Å²) in [5, 5.41) is 3.18. The summed E-state index contributed by atoms with van der Waals surface area (Å²) in [5.74, 6) is 0.318. The van der Waals surface area contributed by atoms with Crippen LogP contribution < -0.4 is 10.2 Å². The smallest absolute Gasteiger partial charge is 0.225 e. The first kappa shape index (κ1) is 17.4. The van der Waals surface area contributed by atoms with Crippen LogP contribution in [0.5, 0.6) is 0 Å². The molecule has 5 nitrogen and oxygen atoms in total. The van der Waals surface area contributed by atoms with E-state index >= 15 is 0 Å². The van der Waals surface area contributed by atoms with E-state index in [1.165, 1.54) is 24.1 Å². The summed E-state index contributed by atoms with van der Waals surface area (Å²) in [6, 6.07) is 8.82. The number of hydrogen-bond donors (Lipinski definition) is 1. The molecule has 2 aliphatic heterocycles. The number of benzene rings is 1. The van der Waals surface area contributed by atoms with Crippen LogP contribution >= 0.6 is 0 Å². The van der Waals surface area contributed by atoms with Gasteiger partial charge >= 0.3 is 0 Å². The van der Waals surface area contributed by atoms with E-state index in [0.717, 1.165) is 45.3 Å². The van der Waals surface area contributed by atoms with Crippen molar-refractivity contribution in [2.24, 2.45) is 5.92 Å². The van der Waals surface area contributed by atoms with E-state index in [1.807, 2.05) is 4.90 Å². The van der Waals surface area contributed by atoms with Gasteiger partial charge in [-0.15, -0.1) is 0 Å². The molecular weight excluding hydrogens is 326 g/mol. The maximum absolute atomic E-state index is 12.6. The Morgan fingerprint density at radius 2 is 1.88 bits per heavy atom. The number of carbonyl (C=O) groups is 2. The molecule has 140 valence electrons. The normalized spacial score (nSPS) is 22.7. The average molecular weight is 355 g/mol. The molecule has 5 heteroatoms. The second-order valence-electron chi connectivity index (χ2n) is 7.93. The van der Waals surface area contributed by atoms with Gasteiger partial charge in [-0.1, -0.05) is 31.0 Å². The standard InChI is InChI=1S/C21H29N3O2/c25-20(11-14-23-12-9-16-5-1-4-8-19(16)23)24-13-10-17(15-24)21(26)22-18-6-2-3-7-18/h1,4-5,8,17-18H,2-3,6-7,9-15H2,(H,22,26)/t17-/m0/s1. The minimum absolute atomic E-state index is 0.0212. The lowest BCUT2D eigenvalue weighted by molar-refractivity contribution is -0.130. The topological polar surface area (TPSA) is 52.7 Å². The Labute approximate surface area is 155 Å². The molecule has 1 aliphatic carbocycles. The van der Waals surface area contributed by atoms with Crippen LogP contribution in [0, 0.1) is 5.92 Å². The van der Waals surface area contributed by atoms with Crippen molar-refractivity contribution >= 4 is 17.5 Å². The van der Waals surface area contributed by atoms with Gasteiger partial charge < -0.3 is 15.1 Å². The zero-order chi connectivity index (χ0) is 17.9. The SMILES string of the molecule is O=C(NC1CCCC1)[C@H]1CCN(C(=O)CCN2CCc3ccccc32)C1. The summed E-state index contributed by atoms with van der Waals surface area (Å²) in [5.41, 5.74) is 2.65. The lowest BCUT2D eigenvalue weighted by Gasteiger charge is -2.22. The van der Waals surface area contributed by atoms with Gasteiger partial charge in [0.1, 0.15) is 0 Å². The molecule has 1 aromatic rings. The minimum Gasteiger partial charge on any atom is -0.370 e. The molecule has 0 unspecified atom stereocenters. The van der Waals surface area contributed by atoms with Gasteiger partial charge in [0.25, 0.3) is 0 Å². The van der Waals surface area contributed by atoms with Gasteiger partial charge in [-0.25, -0.2) is 0 Å². The van der Waals surface area contributed by atoms with Gasteiger partial charge in [-0.2, -0.15) is 0 Å². The zero-order valence-electron chi connectivity index (χ0n) is 15.5. The second-order valence-corrected chi connectivity index (χ2v) is 7.93. The van der Waals surface area contributed by atoms with Crippen molar-refractivity contribution in [1.29, 1.82) is 0 Å². The number of para-hydroxylation sites is 1. The molecule has 1 saturated heterocycles. The number of fused-ring (bicyclic) bond motifs is 1. The van der Waals surface area contributed by atoms with E-state index in [1.54, 1.807) is 0 Å². The molecule has 3 aliphatic rings. The quantitative estimate of drug-likeness (QED) is 0.882. The van der Waals surface area contributed by atoms with Crippen molar-refractivity contribution in [2.75, 3.05) is 31.1 Å². The third-order valence-corrected chi connectivity index (χ3v) is 6.19. The van der Waals surface area contributed by atoms with Crippen LogP contribution in [0.15, 0.2) is 24.3 Å². The monoisotopic (exact) mass is 355 g/mol. The minimum atomic E-state index is -0.0212. The number of anilines is 1. The van der Waals surface area contributed by atoms with Gasteiger partial charge in [-0.3, -0.25) is 9.59 Å². The fraction of sp³-hybridized carbons (Fsp3) is 0.619.